The van der Waals surface area contributed by atoms with E-state index in [0.29, 0.717) is 16.9 Å². The van der Waals surface area contributed by atoms with Crippen molar-refractivity contribution >= 4 is 27.3 Å². The van der Waals surface area contributed by atoms with Gasteiger partial charge in [-0.1, -0.05) is 29.8 Å². The normalized spacial score (nSPS) is 11.5. The van der Waals surface area contributed by atoms with Crippen molar-refractivity contribution in [1.82, 2.24) is 9.36 Å². The number of ether oxygens (including phenoxy) is 1. The third-order valence-corrected chi connectivity index (χ3v) is 6.30. The second-order valence-corrected chi connectivity index (χ2v) is 8.35. The van der Waals surface area contributed by atoms with E-state index in [2.05, 4.69) is 4.72 Å². The van der Waals surface area contributed by atoms with E-state index in [9.17, 15) is 13.2 Å². The first-order valence-electron chi connectivity index (χ1n) is 8.38. The van der Waals surface area contributed by atoms with Crippen LogP contribution >= 0.6 is 11.6 Å². The van der Waals surface area contributed by atoms with Crippen LogP contribution in [-0.2, 0) is 17.1 Å². The Morgan fingerprint density at radius 1 is 1.11 bits per heavy atom. The molecule has 1 N–H and O–H groups in total. The Bertz CT molecular complexity index is 1200. The van der Waals surface area contributed by atoms with E-state index in [0.717, 1.165) is 0 Å². The number of hydrogen-bond donors (Lipinski definition) is 1. The maximum atomic E-state index is 13.0. The summed E-state index contributed by atoms with van der Waals surface area (Å²) in [6, 6.07) is 11.8. The number of anilines is 1. The van der Waals surface area contributed by atoms with Gasteiger partial charge in [0.15, 0.2) is 0 Å². The molecule has 3 rings (SSSR count). The molecule has 2 aromatic carbocycles. The number of para-hydroxylation sites is 1. The van der Waals surface area contributed by atoms with Crippen molar-refractivity contribution in [2.75, 3.05) is 11.8 Å². The summed E-state index contributed by atoms with van der Waals surface area (Å²) in [5, 5.41) is 0.285. The van der Waals surface area contributed by atoms with E-state index < -0.39 is 15.6 Å². The van der Waals surface area contributed by atoms with Crippen LogP contribution in [0.2, 0.25) is 5.02 Å². The third-order valence-electron chi connectivity index (χ3n) is 4.53. The van der Waals surface area contributed by atoms with Gasteiger partial charge in [0.2, 0.25) is 0 Å². The summed E-state index contributed by atoms with van der Waals surface area (Å²) in [6.07, 6.45) is 0. The van der Waals surface area contributed by atoms with E-state index >= 15 is 0 Å². The van der Waals surface area contributed by atoms with Crippen molar-refractivity contribution in [3.8, 4) is 11.4 Å². The molecule has 0 fully saturated rings. The Balaban J connectivity index is 2.13. The summed E-state index contributed by atoms with van der Waals surface area (Å²) in [4.78, 5) is 12.8. The van der Waals surface area contributed by atoms with Gasteiger partial charge in [-0.25, -0.2) is 13.1 Å². The zero-order valence-electron chi connectivity index (χ0n) is 15.9. The Morgan fingerprint density at radius 3 is 2.36 bits per heavy atom. The van der Waals surface area contributed by atoms with Crippen LogP contribution in [0.1, 0.15) is 11.3 Å². The zero-order chi connectivity index (χ0) is 20.6. The monoisotopic (exact) mass is 421 g/mol. The van der Waals surface area contributed by atoms with E-state index in [-0.39, 0.29) is 21.4 Å². The smallest absolute Gasteiger partial charge is 0.296 e. The fourth-order valence-corrected chi connectivity index (χ4v) is 4.40. The highest BCUT2D eigenvalue weighted by Gasteiger charge is 2.26. The highest BCUT2D eigenvalue weighted by molar-refractivity contribution is 7.92. The molecule has 0 atom stereocenters. The van der Waals surface area contributed by atoms with Crippen LogP contribution in [0, 0.1) is 13.8 Å². The Hall–Kier alpha value is -2.71. The van der Waals surface area contributed by atoms with Gasteiger partial charge in [-0.3, -0.25) is 14.2 Å². The molecule has 0 unspecified atom stereocenters. The summed E-state index contributed by atoms with van der Waals surface area (Å²) < 4.78 is 36.6. The lowest BCUT2D eigenvalue weighted by Crippen LogP contribution is -2.23. The van der Waals surface area contributed by atoms with Crippen molar-refractivity contribution in [3.63, 3.8) is 0 Å². The maximum Gasteiger partial charge on any atom is 0.296 e. The number of nitrogens with zero attached hydrogens (tertiary/aromatic N) is 2. The van der Waals surface area contributed by atoms with Gasteiger partial charge in [0.25, 0.3) is 15.6 Å². The number of nitrogens with one attached hydrogen (secondary N) is 1. The Labute approximate surface area is 168 Å². The average molecular weight is 422 g/mol. The number of benzene rings is 2. The average Bonchev–Trinajstić information content (AvgIpc) is 2.87. The highest BCUT2D eigenvalue weighted by atomic mass is 35.5. The largest absolute Gasteiger partial charge is 0.495 e. The third kappa shape index (κ3) is 3.41. The number of rotatable bonds is 5. The van der Waals surface area contributed by atoms with Gasteiger partial charge in [0.05, 0.1) is 18.5 Å². The van der Waals surface area contributed by atoms with Crippen LogP contribution in [0.4, 0.5) is 5.69 Å². The summed E-state index contributed by atoms with van der Waals surface area (Å²) in [6.45, 7) is 3.41. The first-order valence-corrected chi connectivity index (χ1v) is 10.2. The molecule has 0 aliphatic heterocycles. The lowest BCUT2D eigenvalue weighted by molar-refractivity contribution is 0.402. The molecule has 148 valence electrons. The van der Waals surface area contributed by atoms with Crippen molar-refractivity contribution < 1.29 is 13.2 Å². The van der Waals surface area contributed by atoms with Gasteiger partial charge in [-0.2, -0.15) is 0 Å². The number of aryl methyl sites for hydroxylation is 1. The Kier molecular flexibility index (Phi) is 5.27. The summed E-state index contributed by atoms with van der Waals surface area (Å²) in [5.41, 5.74) is 1.26. The molecule has 0 spiro atoms. The SMILES string of the molecule is COc1cc(C)c(Cl)cc1S(=O)(=O)Nc1c(C)n(C)n(-c2ccccc2)c1=O. The molecule has 7 nitrogen and oxygen atoms in total. The summed E-state index contributed by atoms with van der Waals surface area (Å²) in [5.74, 6) is 0.145. The quantitative estimate of drug-likeness (QED) is 0.685. The second kappa shape index (κ2) is 7.37. The van der Waals surface area contributed by atoms with Crippen LogP contribution < -0.4 is 15.0 Å². The minimum atomic E-state index is -4.11. The fourth-order valence-electron chi connectivity index (χ4n) is 2.88. The molecule has 0 aliphatic carbocycles. The van der Waals surface area contributed by atoms with Gasteiger partial charge in [0, 0.05) is 12.1 Å². The van der Waals surface area contributed by atoms with Crippen molar-refractivity contribution in [2.24, 2.45) is 7.05 Å². The molecule has 1 aromatic heterocycles. The van der Waals surface area contributed by atoms with E-state index in [1.54, 1.807) is 49.8 Å². The first kappa shape index (κ1) is 20.0. The minimum absolute atomic E-state index is 0.0369. The van der Waals surface area contributed by atoms with Crippen LogP contribution in [0.5, 0.6) is 5.75 Å². The van der Waals surface area contributed by atoms with Gasteiger partial charge >= 0.3 is 0 Å². The predicted octanol–water partition coefficient (Wildman–Crippen LogP) is 3.26. The molecular formula is C19H20ClN3O4S. The number of halogens is 1. The topological polar surface area (TPSA) is 82.3 Å². The molecule has 0 saturated heterocycles. The van der Waals surface area contributed by atoms with E-state index in [1.165, 1.54) is 23.9 Å². The van der Waals surface area contributed by atoms with Gasteiger partial charge < -0.3 is 4.74 Å². The van der Waals surface area contributed by atoms with Crippen LogP contribution in [0.15, 0.2) is 52.2 Å². The van der Waals surface area contributed by atoms with Gasteiger partial charge in [-0.05, 0) is 43.7 Å². The molecule has 0 saturated carbocycles. The Morgan fingerprint density at radius 2 is 1.75 bits per heavy atom. The zero-order valence-corrected chi connectivity index (χ0v) is 17.4. The minimum Gasteiger partial charge on any atom is -0.495 e. The van der Waals surface area contributed by atoms with Crippen molar-refractivity contribution in [1.29, 1.82) is 0 Å². The van der Waals surface area contributed by atoms with Gasteiger partial charge in [-0.15, -0.1) is 0 Å². The number of aromatic nitrogens is 2. The van der Waals surface area contributed by atoms with Crippen molar-refractivity contribution in [2.45, 2.75) is 18.7 Å². The molecule has 0 bridgehead atoms. The molecule has 28 heavy (non-hydrogen) atoms. The van der Waals surface area contributed by atoms with Crippen LogP contribution in [0.3, 0.4) is 0 Å². The standard InChI is InChI=1S/C19H20ClN3O4S/c1-12-10-16(27-4)17(11-15(12)20)28(25,26)21-18-13(2)22(3)23(19(18)24)14-8-6-5-7-9-14/h5-11,21H,1-4H3. The number of methoxy groups -OCH3 is 1. The molecule has 0 amide bonds. The van der Waals surface area contributed by atoms with Crippen LogP contribution in [0.25, 0.3) is 5.69 Å². The van der Waals surface area contributed by atoms with E-state index in [1.807, 2.05) is 6.07 Å². The number of hydrogen-bond acceptors (Lipinski definition) is 4. The second-order valence-electron chi connectivity index (χ2n) is 6.29. The molecule has 9 heteroatoms. The maximum absolute atomic E-state index is 13.0. The number of sulfonamides is 1. The molecular weight excluding hydrogens is 402 g/mol. The predicted molar refractivity (Wildman–Crippen MR) is 109 cm³/mol. The summed E-state index contributed by atoms with van der Waals surface area (Å²) in [7, 11) is -1.05. The molecule has 0 aliphatic rings. The molecule has 0 radical (unpaired) electrons. The molecule has 1 heterocycles. The van der Waals surface area contributed by atoms with E-state index in [4.69, 9.17) is 16.3 Å². The fraction of sp³-hybridized carbons (Fsp3) is 0.211. The highest BCUT2D eigenvalue weighted by Crippen LogP contribution is 2.31. The van der Waals surface area contributed by atoms with Crippen LogP contribution in [-0.4, -0.2) is 24.9 Å². The van der Waals surface area contributed by atoms with Gasteiger partial charge in [0.1, 0.15) is 16.3 Å². The summed E-state index contributed by atoms with van der Waals surface area (Å²) >= 11 is 6.11. The lowest BCUT2D eigenvalue weighted by Gasteiger charge is -2.12. The lowest BCUT2D eigenvalue weighted by atomic mass is 10.2. The first-order chi connectivity index (χ1) is 13.2. The molecule has 3 aromatic rings. The van der Waals surface area contributed by atoms with Crippen molar-refractivity contribution in [3.05, 3.63) is 69.1 Å².